The van der Waals surface area contributed by atoms with Crippen molar-refractivity contribution in [2.75, 3.05) is 6.54 Å². The standard InChI is InChI=1S/C11H20BrNO/c1-8-4-5-9(6-8)7-13-10(14)11(2,3)12/h8-9H,4-7H2,1-3H3,(H,13,14). The Morgan fingerprint density at radius 2 is 2.14 bits per heavy atom. The molecule has 14 heavy (non-hydrogen) atoms. The Bertz CT molecular complexity index is 210. The average Bonchev–Trinajstić information content (AvgIpc) is 2.45. The lowest BCUT2D eigenvalue weighted by atomic mass is 10.1. The Kier molecular flexibility index (Phi) is 3.99. The quantitative estimate of drug-likeness (QED) is 0.778. The summed E-state index contributed by atoms with van der Waals surface area (Å²) in [7, 11) is 0. The van der Waals surface area contributed by atoms with Crippen molar-refractivity contribution in [3.63, 3.8) is 0 Å². The van der Waals surface area contributed by atoms with Gasteiger partial charge in [-0.05, 0) is 38.5 Å². The molecule has 0 saturated heterocycles. The molecule has 1 amide bonds. The fourth-order valence-corrected chi connectivity index (χ4v) is 2.10. The van der Waals surface area contributed by atoms with Crippen molar-refractivity contribution < 1.29 is 4.79 Å². The fourth-order valence-electron chi connectivity index (χ4n) is 1.96. The van der Waals surface area contributed by atoms with Gasteiger partial charge in [-0.25, -0.2) is 0 Å². The maximum Gasteiger partial charge on any atom is 0.236 e. The van der Waals surface area contributed by atoms with E-state index in [-0.39, 0.29) is 5.91 Å². The highest BCUT2D eigenvalue weighted by Gasteiger charge is 2.26. The molecule has 0 heterocycles. The summed E-state index contributed by atoms with van der Waals surface area (Å²) < 4.78 is -0.433. The molecular weight excluding hydrogens is 242 g/mol. The van der Waals surface area contributed by atoms with E-state index in [1.165, 1.54) is 19.3 Å². The molecule has 0 spiro atoms. The van der Waals surface area contributed by atoms with E-state index in [4.69, 9.17) is 0 Å². The number of carbonyl (C=O) groups is 1. The predicted octanol–water partition coefficient (Wildman–Crippen LogP) is 2.71. The van der Waals surface area contributed by atoms with Crippen molar-refractivity contribution in [3.05, 3.63) is 0 Å². The van der Waals surface area contributed by atoms with Gasteiger partial charge in [0.2, 0.25) is 5.91 Å². The lowest BCUT2D eigenvalue weighted by Gasteiger charge is -2.18. The smallest absolute Gasteiger partial charge is 0.236 e. The highest BCUT2D eigenvalue weighted by molar-refractivity contribution is 9.10. The third kappa shape index (κ3) is 3.60. The minimum Gasteiger partial charge on any atom is -0.355 e. The second kappa shape index (κ2) is 4.65. The zero-order valence-corrected chi connectivity index (χ0v) is 10.9. The molecular formula is C11H20BrNO. The average molecular weight is 262 g/mol. The minimum atomic E-state index is -0.433. The molecule has 1 rings (SSSR count). The van der Waals surface area contributed by atoms with Gasteiger partial charge in [-0.15, -0.1) is 0 Å². The van der Waals surface area contributed by atoms with Gasteiger partial charge in [0.1, 0.15) is 0 Å². The lowest BCUT2D eigenvalue weighted by molar-refractivity contribution is -0.122. The number of hydrogen-bond acceptors (Lipinski definition) is 1. The monoisotopic (exact) mass is 261 g/mol. The normalized spacial score (nSPS) is 27.7. The van der Waals surface area contributed by atoms with E-state index in [1.54, 1.807) is 0 Å². The van der Waals surface area contributed by atoms with Crippen LogP contribution < -0.4 is 5.32 Å². The first-order valence-electron chi connectivity index (χ1n) is 5.37. The molecule has 2 atom stereocenters. The van der Waals surface area contributed by atoms with Crippen LogP contribution in [0, 0.1) is 11.8 Å². The van der Waals surface area contributed by atoms with E-state index in [0.717, 1.165) is 12.5 Å². The molecule has 0 aromatic carbocycles. The highest BCUT2D eigenvalue weighted by atomic mass is 79.9. The van der Waals surface area contributed by atoms with Crippen LogP contribution in [0.4, 0.5) is 0 Å². The van der Waals surface area contributed by atoms with Crippen LogP contribution in [-0.4, -0.2) is 16.8 Å². The Balaban J connectivity index is 2.24. The van der Waals surface area contributed by atoms with Crippen LogP contribution in [0.3, 0.4) is 0 Å². The van der Waals surface area contributed by atoms with Gasteiger partial charge in [0.15, 0.2) is 0 Å². The van der Waals surface area contributed by atoms with Crippen molar-refractivity contribution in [2.24, 2.45) is 11.8 Å². The molecule has 1 aliphatic carbocycles. The predicted molar refractivity (Wildman–Crippen MR) is 62.5 cm³/mol. The van der Waals surface area contributed by atoms with Crippen molar-refractivity contribution in [3.8, 4) is 0 Å². The molecule has 1 saturated carbocycles. The van der Waals surface area contributed by atoms with E-state index in [1.807, 2.05) is 13.8 Å². The number of hydrogen-bond donors (Lipinski definition) is 1. The molecule has 0 aromatic rings. The number of alkyl halides is 1. The molecule has 0 aromatic heterocycles. The van der Waals surface area contributed by atoms with Gasteiger partial charge < -0.3 is 5.32 Å². The summed E-state index contributed by atoms with van der Waals surface area (Å²) in [5, 5.41) is 3.00. The summed E-state index contributed by atoms with van der Waals surface area (Å²) in [6.45, 7) is 6.88. The molecule has 0 bridgehead atoms. The topological polar surface area (TPSA) is 29.1 Å². The SMILES string of the molecule is CC1CCC(CNC(=O)C(C)(C)Br)C1. The van der Waals surface area contributed by atoms with Crippen LogP contribution in [0.2, 0.25) is 0 Å². The molecule has 2 nitrogen and oxygen atoms in total. The molecule has 2 unspecified atom stereocenters. The summed E-state index contributed by atoms with van der Waals surface area (Å²) in [6.07, 6.45) is 3.85. The van der Waals surface area contributed by atoms with Gasteiger partial charge in [0.05, 0.1) is 4.32 Å². The van der Waals surface area contributed by atoms with Gasteiger partial charge in [0.25, 0.3) is 0 Å². The van der Waals surface area contributed by atoms with E-state index >= 15 is 0 Å². The number of nitrogens with one attached hydrogen (secondary N) is 1. The van der Waals surface area contributed by atoms with Crippen LogP contribution >= 0.6 is 15.9 Å². The van der Waals surface area contributed by atoms with Crippen LogP contribution in [-0.2, 0) is 4.79 Å². The van der Waals surface area contributed by atoms with E-state index < -0.39 is 4.32 Å². The van der Waals surface area contributed by atoms with Crippen molar-refractivity contribution in [1.29, 1.82) is 0 Å². The van der Waals surface area contributed by atoms with Gasteiger partial charge >= 0.3 is 0 Å². The van der Waals surface area contributed by atoms with E-state index in [0.29, 0.717) is 5.92 Å². The van der Waals surface area contributed by atoms with Crippen molar-refractivity contribution >= 4 is 21.8 Å². The van der Waals surface area contributed by atoms with Crippen LogP contribution in [0.5, 0.6) is 0 Å². The zero-order chi connectivity index (χ0) is 10.8. The second-order valence-electron chi connectivity index (χ2n) is 4.97. The minimum absolute atomic E-state index is 0.0945. The molecule has 3 heteroatoms. The summed E-state index contributed by atoms with van der Waals surface area (Å²) in [5.74, 6) is 1.63. The maximum absolute atomic E-state index is 11.5. The zero-order valence-electron chi connectivity index (χ0n) is 9.27. The largest absolute Gasteiger partial charge is 0.355 e. The van der Waals surface area contributed by atoms with Gasteiger partial charge in [-0.2, -0.15) is 0 Å². The van der Waals surface area contributed by atoms with Gasteiger partial charge in [0, 0.05) is 6.54 Å². The first-order chi connectivity index (χ1) is 6.39. The molecule has 0 radical (unpaired) electrons. The summed E-state index contributed by atoms with van der Waals surface area (Å²) in [5.41, 5.74) is 0. The summed E-state index contributed by atoms with van der Waals surface area (Å²) >= 11 is 3.35. The maximum atomic E-state index is 11.5. The van der Waals surface area contributed by atoms with E-state index in [9.17, 15) is 4.79 Å². The lowest BCUT2D eigenvalue weighted by Crippen LogP contribution is -2.39. The molecule has 1 aliphatic rings. The Morgan fingerprint density at radius 3 is 2.57 bits per heavy atom. The van der Waals surface area contributed by atoms with Crippen molar-refractivity contribution in [1.82, 2.24) is 5.32 Å². The Morgan fingerprint density at radius 1 is 1.50 bits per heavy atom. The van der Waals surface area contributed by atoms with Crippen molar-refractivity contribution in [2.45, 2.75) is 44.4 Å². The summed E-state index contributed by atoms with van der Waals surface area (Å²) in [4.78, 5) is 11.5. The van der Waals surface area contributed by atoms with E-state index in [2.05, 4.69) is 28.2 Å². The summed E-state index contributed by atoms with van der Waals surface area (Å²) in [6, 6.07) is 0. The van der Waals surface area contributed by atoms with Crippen LogP contribution in [0.15, 0.2) is 0 Å². The van der Waals surface area contributed by atoms with Crippen LogP contribution in [0.1, 0.15) is 40.0 Å². The first kappa shape index (κ1) is 12.0. The number of carbonyl (C=O) groups excluding carboxylic acids is 1. The van der Waals surface area contributed by atoms with Crippen LogP contribution in [0.25, 0.3) is 0 Å². The molecule has 82 valence electrons. The highest BCUT2D eigenvalue weighted by Crippen LogP contribution is 2.29. The second-order valence-corrected chi connectivity index (χ2v) is 6.95. The number of rotatable bonds is 3. The number of halogens is 1. The first-order valence-corrected chi connectivity index (χ1v) is 6.16. The van der Waals surface area contributed by atoms with Gasteiger partial charge in [-0.1, -0.05) is 29.3 Å². The fraction of sp³-hybridized carbons (Fsp3) is 0.909. The molecule has 1 N–H and O–H groups in total. The number of amides is 1. The molecule has 0 aliphatic heterocycles. The van der Waals surface area contributed by atoms with Gasteiger partial charge in [-0.3, -0.25) is 4.79 Å². The third-order valence-electron chi connectivity index (χ3n) is 2.89. The Labute approximate surface area is 95.0 Å². The third-order valence-corrected chi connectivity index (χ3v) is 3.25. The molecule has 1 fully saturated rings. The Hall–Kier alpha value is -0.0500.